The van der Waals surface area contributed by atoms with Crippen LogP contribution in [0.3, 0.4) is 0 Å². The Hall–Kier alpha value is -3.13. The quantitative estimate of drug-likeness (QED) is 0.492. The van der Waals surface area contributed by atoms with Crippen molar-refractivity contribution in [3.63, 3.8) is 0 Å². The van der Waals surface area contributed by atoms with Crippen molar-refractivity contribution >= 4 is 44.9 Å². The molecule has 5 rings (SSSR count). The standard InChI is InChI=1S/C26H30N4O3S/c27-22-20-16-17-8-4-1-2-7-11-21(17)29-24(20)34-23(22)25(31)33-19-12-14-30(15-13-19)26(32)28-18-9-5-3-6-10-18/h3,5-6,9-10,16,19H,1-2,4,7-8,11-15,27H2,(H,28,32). The lowest BCUT2D eigenvalue weighted by Crippen LogP contribution is -2.43. The number of carbonyl (C=O) groups excluding carboxylic acids is 2. The molecule has 3 heterocycles. The molecule has 3 aromatic rings. The van der Waals surface area contributed by atoms with Crippen LogP contribution in [0, 0.1) is 0 Å². The number of hydrogen-bond acceptors (Lipinski definition) is 6. The largest absolute Gasteiger partial charge is 0.458 e. The van der Waals surface area contributed by atoms with Gasteiger partial charge in [0.2, 0.25) is 0 Å². The number of piperidine rings is 1. The van der Waals surface area contributed by atoms with Gasteiger partial charge in [-0.2, -0.15) is 0 Å². The van der Waals surface area contributed by atoms with Gasteiger partial charge in [0.1, 0.15) is 15.8 Å². The molecule has 1 fully saturated rings. The first-order chi connectivity index (χ1) is 16.6. The number of aromatic nitrogens is 1. The number of benzene rings is 1. The van der Waals surface area contributed by atoms with Crippen LogP contribution in [0.5, 0.6) is 0 Å². The Kier molecular flexibility index (Phi) is 6.67. The SMILES string of the molecule is Nc1c(C(=O)OC2CCN(C(=O)Nc3ccccc3)CC2)sc2nc3c(cc12)CCCCCC3. The first-order valence-electron chi connectivity index (χ1n) is 12.1. The highest BCUT2D eigenvalue weighted by molar-refractivity contribution is 7.21. The molecular formula is C26H30N4O3S. The normalized spacial score (nSPS) is 17.0. The molecule has 7 nitrogen and oxygen atoms in total. The lowest BCUT2D eigenvalue weighted by Gasteiger charge is -2.31. The number of amides is 2. The summed E-state index contributed by atoms with van der Waals surface area (Å²) in [6, 6.07) is 11.4. The number of nitrogens with two attached hydrogens (primary N) is 1. The molecule has 8 heteroatoms. The number of thiophene rings is 1. The van der Waals surface area contributed by atoms with Crippen molar-refractivity contribution in [3.05, 3.63) is 52.5 Å². The minimum absolute atomic E-state index is 0.133. The number of likely N-dealkylation sites (tertiary alicyclic amines) is 1. The van der Waals surface area contributed by atoms with Crippen molar-refractivity contribution in [2.24, 2.45) is 0 Å². The molecule has 3 N–H and O–H groups in total. The third-order valence-electron chi connectivity index (χ3n) is 6.71. The molecule has 2 amide bonds. The number of anilines is 2. The highest BCUT2D eigenvalue weighted by atomic mass is 32.1. The number of carbonyl (C=O) groups is 2. The predicted molar refractivity (Wildman–Crippen MR) is 135 cm³/mol. The Balaban J connectivity index is 1.22. The second-order valence-corrected chi connectivity index (χ2v) is 10.1. The number of esters is 1. The summed E-state index contributed by atoms with van der Waals surface area (Å²) in [5.74, 6) is -0.389. The van der Waals surface area contributed by atoms with Crippen molar-refractivity contribution < 1.29 is 14.3 Å². The average Bonchev–Trinajstić information content (AvgIpc) is 3.15. The van der Waals surface area contributed by atoms with Crippen LogP contribution in [0.15, 0.2) is 36.4 Å². The molecule has 2 aliphatic rings. The maximum Gasteiger partial charge on any atom is 0.350 e. The summed E-state index contributed by atoms with van der Waals surface area (Å²) >= 11 is 1.33. The molecule has 0 radical (unpaired) electrons. The summed E-state index contributed by atoms with van der Waals surface area (Å²) in [5.41, 5.74) is 10.0. The van der Waals surface area contributed by atoms with E-state index in [1.807, 2.05) is 30.3 Å². The zero-order valence-corrected chi connectivity index (χ0v) is 20.0. The van der Waals surface area contributed by atoms with Crippen LogP contribution in [0.1, 0.15) is 59.5 Å². The molecule has 1 aromatic carbocycles. The van der Waals surface area contributed by atoms with Crippen molar-refractivity contribution in [1.29, 1.82) is 0 Å². The fourth-order valence-electron chi connectivity index (χ4n) is 4.77. The number of rotatable bonds is 3. The van der Waals surface area contributed by atoms with Gasteiger partial charge in [-0.15, -0.1) is 11.3 Å². The lowest BCUT2D eigenvalue weighted by molar-refractivity contribution is 0.0164. The number of ether oxygens (including phenoxy) is 1. The Morgan fingerprint density at radius 3 is 2.56 bits per heavy atom. The highest BCUT2D eigenvalue weighted by Crippen LogP contribution is 2.36. The third kappa shape index (κ3) is 4.87. The van der Waals surface area contributed by atoms with Gasteiger partial charge in [-0.05, 0) is 49.4 Å². The second-order valence-electron chi connectivity index (χ2n) is 9.09. The smallest absolute Gasteiger partial charge is 0.350 e. The summed E-state index contributed by atoms with van der Waals surface area (Å²) < 4.78 is 5.80. The molecule has 0 saturated carbocycles. The van der Waals surface area contributed by atoms with Crippen molar-refractivity contribution in [2.75, 3.05) is 24.1 Å². The molecule has 34 heavy (non-hydrogen) atoms. The van der Waals surface area contributed by atoms with Gasteiger partial charge >= 0.3 is 12.0 Å². The van der Waals surface area contributed by atoms with Crippen LogP contribution in [0.25, 0.3) is 10.2 Å². The number of para-hydroxylation sites is 1. The van der Waals surface area contributed by atoms with Gasteiger partial charge in [0.25, 0.3) is 0 Å². The molecule has 0 atom stereocenters. The van der Waals surface area contributed by atoms with Gasteiger partial charge < -0.3 is 20.7 Å². The van der Waals surface area contributed by atoms with E-state index < -0.39 is 0 Å². The zero-order valence-electron chi connectivity index (χ0n) is 19.2. The number of nitrogens with one attached hydrogen (secondary N) is 1. The summed E-state index contributed by atoms with van der Waals surface area (Å²) in [6.07, 6.45) is 7.80. The Labute approximate surface area is 203 Å². The van der Waals surface area contributed by atoms with Crippen LogP contribution >= 0.6 is 11.3 Å². The lowest BCUT2D eigenvalue weighted by atomic mass is 9.96. The number of nitrogen functional groups attached to an aromatic ring is 1. The average molecular weight is 479 g/mol. The topological polar surface area (TPSA) is 97.6 Å². The molecule has 1 aliphatic heterocycles. The maximum absolute atomic E-state index is 13.0. The summed E-state index contributed by atoms with van der Waals surface area (Å²) in [6.45, 7) is 1.07. The number of hydrogen-bond donors (Lipinski definition) is 2. The highest BCUT2D eigenvalue weighted by Gasteiger charge is 2.28. The molecule has 178 valence electrons. The van der Waals surface area contributed by atoms with Gasteiger partial charge in [0.15, 0.2) is 0 Å². The Morgan fingerprint density at radius 2 is 1.79 bits per heavy atom. The van der Waals surface area contributed by atoms with Crippen molar-refractivity contribution in [2.45, 2.75) is 57.5 Å². The Morgan fingerprint density at radius 1 is 1.06 bits per heavy atom. The summed E-state index contributed by atoms with van der Waals surface area (Å²) in [7, 11) is 0. The molecule has 0 unspecified atom stereocenters. The van der Waals surface area contributed by atoms with Gasteiger partial charge in [-0.1, -0.05) is 31.0 Å². The van der Waals surface area contributed by atoms with E-state index in [1.54, 1.807) is 4.90 Å². The first-order valence-corrected chi connectivity index (χ1v) is 12.9. The molecular weight excluding hydrogens is 448 g/mol. The molecule has 1 saturated heterocycles. The van der Waals surface area contributed by atoms with Gasteiger partial charge in [-0.25, -0.2) is 14.6 Å². The minimum Gasteiger partial charge on any atom is -0.458 e. The molecule has 0 spiro atoms. The van der Waals surface area contributed by atoms with Crippen LogP contribution in [0.4, 0.5) is 16.2 Å². The van der Waals surface area contributed by atoms with Crippen LogP contribution in [0.2, 0.25) is 0 Å². The number of urea groups is 1. The van der Waals surface area contributed by atoms with E-state index in [0.29, 0.717) is 36.5 Å². The maximum atomic E-state index is 13.0. The van der Waals surface area contributed by atoms with E-state index in [0.717, 1.165) is 40.9 Å². The van der Waals surface area contributed by atoms with E-state index >= 15 is 0 Å². The molecule has 0 bridgehead atoms. The number of pyridine rings is 1. The summed E-state index contributed by atoms with van der Waals surface area (Å²) in [5, 5.41) is 3.77. The van der Waals surface area contributed by atoms with Gasteiger partial charge in [0, 0.05) is 42.7 Å². The van der Waals surface area contributed by atoms with Crippen LogP contribution in [-0.4, -0.2) is 41.1 Å². The zero-order chi connectivity index (χ0) is 23.5. The van der Waals surface area contributed by atoms with Gasteiger partial charge in [0.05, 0.1) is 5.69 Å². The predicted octanol–water partition coefficient (Wildman–Crippen LogP) is 5.39. The third-order valence-corrected chi connectivity index (χ3v) is 7.81. The van der Waals surface area contributed by atoms with E-state index in [9.17, 15) is 9.59 Å². The van der Waals surface area contributed by atoms with E-state index in [-0.39, 0.29) is 18.1 Å². The summed E-state index contributed by atoms with van der Waals surface area (Å²) in [4.78, 5) is 33.4. The second kappa shape index (κ2) is 10.0. The van der Waals surface area contributed by atoms with Crippen LogP contribution in [-0.2, 0) is 17.6 Å². The van der Waals surface area contributed by atoms with E-state index in [4.69, 9.17) is 15.5 Å². The molecule has 2 aromatic heterocycles. The van der Waals surface area contributed by atoms with E-state index in [2.05, 4.69) is 11.4 Å². The fourth-order valence-corrected chi connectivity index (χ4v) is 5.75. The van der Waals surface area contributed by atoms with Crippen molar-refractivity contribution in [3.8, 4) is 0 Å². The molecule has 1 aliphatic carbocycles. The number of nitrogens with zero attached hydrogens (tertiary/aromatic N) is 2. The van der Waals surface area contributed by atoms with Crippen molar-refractivity contribution in [1.82, 2.24) is 9.88 Å². The van der Waals surface area contributed by atoms with Crippen LogP contribution < -0.4 is 11.1 Å². The minimum atomic E-state index is -0.389. The monoisotopic (exact) mass is 478 g/mol. The number of aryl methyl sites for hydroxylation is 2. The number of fused-ring (bicyclic) bond motifs is 2. The fraction of sp³-hybridized carbons (Fsp3) is 0.423. The van der Waals surface area contributed by atoms with Gasteiger partial charge in [-0.3, -0.25) is 0 Å². The Bertz CT molecular complexity index is 1190. The first kappa shape index (κ1) is 22.7. The van der Waals surface area contributed by atoms with E-state index in [1.165, 1.54) is 36.2 Å².